The van der Waals surface area contributed by atoms with Crippen LogP contribution in [-0.4, -0.2) is 95.7 Å². The molecule has 18 nitrogen and oxygen atoms in total. The number of aliphatic hydroxyl groups excluding tert-OH is 2. The third kappa shape index (κ3) is 10.00. The number of aromatic amines is 2. The van der Waals surface area contributed by atoms with E-state index >= 15 is 0 Å². The van der Waals surface area contributed by atoms with E-state index in [2.05, 4.69) is 20.4 Å². The number of nitrogens with one attached hydrogen (secondary N) is 2. The van der Waals surface area contributed by atoms with Gasteiger partial charge in [-0.25, -0.2) is 10.2 Å². The van der Waals surface area contributed by atoms with Crippen LogP contribution < -0.4 is 39.7 Å². The van der Waals surface area contributed by atoms with E-state index in [1.54, 1.807) is 52.0 Å². The molecule has 5 heterocycles. The Morgan fingerprint density at radius 1 is 0.750 bits per heavy atom. The van der Waals surface area contributed by atoms with E-state index in [4.69, 9.17) is 28.4 Å². The number of aliphatic hydroxyl groups is 4. The van der Waals surface area contributed by atoms with E-state index in [0.717, 1.165) is 16.8 Å². The Balaban J connectivity index is 0.000000164. The van der Waals surface area contributed by atoms with Crippen molar-refractivity contribution in [3.05, 3.63) is 128 Å². The number of carbonyl (C=O) groups is 1. The largest absolute Gasteiger partial charge is 0.484 e. The molecule has 0 fully saturated rings. The second kappa shape index (κ2) is 18.3. The van der Waals surface area contributed by atoms with Gasteiger partial charge in [0.15, 0.2) is 12.2 Å². The highest BCUT2D eigenvalue weighted by atomic mass is 16.7. The molecule has 0 radical (unpaired) electrons. The Morgan fingerprint density at radius 3 is 1.75 bits per heavy atom. The summed E-state index contributed by atoms with van der Waals surface area (Å²) in [7, 11) is 3.87. The maximum atomic E-state index is 11.2. The lowest BCUT2D eigenvalue weighted by Crippen LogP contribution is -2.59. The molecule has 8 rings (SSSR count). The van der Waals surface area contributed by atoms with Crippen molar-refractivity contribution in [2.75, 3.05) is 19.0 Å². The number of ether oxygens (including phenoxy) is 6. The summed E-state index contributed by atoms with van der Waals surface area (Å²) < 4.78 is 34.1. The lowest BCUT2D eigenvalue weighted by Gasteiger charge is -2.48. The fourth-order valence-electron chi connectivity index (χ4n) is 7.07. The van der Waals surface area contributed by atoms with Crippen LogP contribution in [0.15, 0.2) is 94.5 Å². The van der Waals surface area contributed by atoms with Gasteiger partial charge in [0.2, 0.25) is 11.8 Å². The fourth-order valence-corrected chi connectivity index (χ4v) is 7.07. The van der Waals surface area contributed by atoms with Crippen LogP contribution >= 0.6 is 0 Å². The van der Waals surface area contributed by atoms with E-state index < -0.39 is 53.0 Å². The number of anilines is 1. The summed E-state index contributed by atoms with van der Waals surface area (Å²) in [5.41, 5.74) is -1.28. The first-order valence-electron chi connectivity index (χ1n) is 20.5. The minimum Gasteiger partial charge on any atom is -0.484 e. The predicted octanol–water partition coefficient (Wildman–Crippen LogP) is 4.05. The Labute approximate surface area is 369 Å². The Morgan fingerprint density at radius 2 is 1.27 bits per heavy atom. The molecular weight excluding hydrogens is 831 g/mol. The van der Waals surface area contributed by atoms with Crippen LogP contribution in [0.3, 0.4) is 0 Å². The molecular formula is C46H55N5O13. The number of fused-ring (bicyclic) bond motifs is 3. The van der Waals surface area contributed by atoms with E-state index in [0.29, 0.717) is 34.8 Å². The summed E-state index contributed by atoms with van der Waals surface area (Å²) in [4.78, 5) is 35.1. The Kier molecular flexibility index (Phi) is 13.5. The molecule has 0 spiro atoms. The van der Waals surface area contributed by atoms with Crippen LogP contribution in [0, 0.1) is 0 Å². The number of carbonyl (C=O) groups excluding carboxylic acids is 1. The van der Waals surface area contributed by atoms with Crippen molar-refractivity contribution in [1.29, 1.82) is 0 Å². The lowest BCUT2D eigenvalue weighted by atomic mass is 9.77. The minimum atomic E-state index is -1.38. The summed E-state index contributed by atoms with van der Waals surface area (Å²) in [5.74, 6) is 1.82. The number of nitrogens with zero attached hydrogens (tertiary/aromatic N) is 3. The van der Waals surface area contributed by atoms with Gasteiger partial charge in [-0.2, -0.15) is 0 Å². The zero-order chi connectivity index (χ0) is 46.8. The van der Waals surface area contributed by atoms with Gasteiger partial charge in [-0.1, -0.05) is 24.3 Å². The zero-order valence-electron chi connectivity index (χ0n) is 37.1. The molecule has 3 aliphatic rings. The molecule has 0 bridgehead atoms. The van der Waals surface area contributed by atoms with Gasteiger partial charge in [0.05, 0.1) is 6.61 Å². The molecule has 5 aromatic rings. The van der Waals surface area contributed by atoms with Crippen LogP contribution in [0.4, 0.5) is 5.69 Å². The standard InChI is InChI=1S/C18H23N3O4.C17H20N2O5.C11H12O4/c1-17(2)18(3,23)16(24-15-9-8-14(22)19-20-15)12-10-11(21(4)5)6-7-13(12)25-17;1-16(2)17(3,22)15(23-14-7-6-13(21)18-19-14)11-8-10(9-20)4-5-12(11)24-16;1-7(12)14-11-9(13)6-8-4-2-3-5-10(8)15-11/h6-10,16,23H,1-5H3,(H,19,22);4-8,15,20,22H,9H2,1-3H3,(H,18,21);2-5,9,11,13H,6H2,1H3. The van der Waals surface area contributed by atoms with Crippen molar-refractivity contribution < 1.29 is 53.6 Å². The molecule has 2 aromatic heterocycles. The number of H-pyrrole nitrogens is 2. The number of aromatic nitrogens is 4. The average molecular weight is 886 g/mol. The number of esters is 1. The maximum absolute atomic E-state index is 11.2. The van der Waals surface area contributed by atoms with Crippen LogP contribution in [0.1, 0.15) is 82.9 Å². The second-order valence-corrected chi connectivity index (χ2v) is 17.2. The van der Waals surface area contributed by atoms with E-state index in [1.165, 1.54) is 31.2 Å². The van der Waals surface area contributed by atoms with Crippen molar-refractivity contribution >= 4 is 11.7 Å². The molecule has 18 heteroatoms. The molecule has 0 saturated heterocycles. The molecule has 6 unspecified atom stereocenters. The summed E-state index contributed by atoms with van der Waals surface area (Å²) in [6, 6.07) is 23.9. The van der Waals surface area contributed by atoms with Gasteiger partial charge in [-0.05, 0) is 89.1 Å². The second-order valence-electron chi connectivity index (χ2n) is 17.2. The highest BCUT2D eigenvalue weighted by Gasteiger charge is 2.55. The maximum Gasteiger partial charge on any atom is 0.305 e. The van der Waals surface area contributed by atoms with E-state index in [-0.39, 0.29) is 29.5 Å². The van der Waals surface area contributed by atoms with Gasteiger partial charge in [-0.15, -0.1) is 10.2 Å². The molecule has 64 heavy (non-hydrogen) atoms. The van der Waals surface area contributed by atoms with Gasteiger partial charge in [0.1, 0.15) is 45.8 Å². The number of benzene rings is 3. The normalized spacial score (nSPS) is 24.3. The highest BCUT2D eigenvalue weighted by Crippen LogP contribution is 2.50. The number of para-hydroxylation sites is 1. The summed E-state index contributed by atoms with van der Waals surface area (Å²) >= 11 is 0. The topological polar surface area (TPSA) is 248 Å². The van der Waals surface area contributed by atoms with E-state index in [1.807, 2.05) is 69.2 Å². The first-order chi connectivity index (χ1) is 30.0. The van der Waals surface area contributed by atoms with Gasteiger partial charge in [-0.3, -0.25) is 14.4 Å². The van der Waals surface area contributed by atoms with Crippen LogP contribution in [0.5, 0.6) is 29.0 Å². The van der Waals surface area contributed by atoms with Gasteiger partial charge in [0.25, 0.3) is 17.4 Å². The van der Waals surface area contributed by atoms with Crippen molar-refractivity contribution in [3.63, 3.8) is 0 Å². The molecule has 342 valence electrons. The molecule has 0 amide bonds. The summed E-state index contributed by atoms with van der Waals surface area (Å²) in [6.45, 7) is 11.6. The summed E-state index contributed by atoms with van der Waals surface area (Å²) in [6.07, 6.45) is -2.76. The molecule has 6 atom stereocenters. The Bertz CT molecular complexity index is 2530. The van der Waals surface area contributed by atoms with Gasteiger partial charge < -0.3 is 53.7 Å². The van der Waals surface area contributed by atoms with Crippen LogP contribution in [0.25, 0.3) is 0 Å². The molecule has 6 N–H and O–H groups in total. The number of rotatable bonds is 7. The number of hydrogen-bond acceptors (Lipinski definition) is 16. The SMILES string of the molecule is CC(=O)OC1Oc2ccccc2CC1O.CC1(C)Oc2ccc(CO)cc2C(Oc2ccc(=O)[nH]n2)C1(C)O.CN(C)c1ccc2c(c1)C(Oc1ccc(=O)[nH]n1)C(C)(O)C(C)(C)O2. The first-order valence-corrected chi connectivity index (χ1v) is 20.5. The number of hydrogen-bond donors (Lipinski definition) is 6. The van der Waals surface area contributed by atoms with Crippen molar-refractivity contribution in [1.82, 2.24) is 20.4 Å². The molecule has 0 saturated carbocycles. The third-order valence-corrected chi connectivity index (χ3v) is 11.5. The molecule has 0 aliphatic carbocycles. The smallest absolute Gasteiger partial charge is 0.305 e. The quantitative estimate of drug-likeness (QED) is 0.126. The third-order valence-electron chi connectivity index (χ3n) is 11.5. The van der Waals surface area contributed by atoms with Crippen LogP contribution in [0.2, 0.25) is 0 Å². The Hall–Kier alpha value is -6.47. The molecule has 3 aliphatic heterocycles. The molecule has 3 aromatic carbocycles. The van der Waals surface area contributed by atoms with Crippen molar-refractivity contribution in [2.24, 2.45) is 0 Å². The summed E-state index contributed by atoms with van der Waals surface area (Å²) in [5, 5.41) is 53.7. The fraction of sp³-hybridized carbons (Fsp3) is 0.413. The van der Waals surface area contributed by atoms with Gasteiger partial charge >= 0.3 is 5.97 Å². The highest BCUT2D eigenvalue weighted by molar-refractivity contribution is 5.66. The zero-order valence-corrected chi connectivity index (χ0v) is 37.1. The van der Waals surface area contributed by atoms with E-state index in [9.17, 15) is 34.8 Å². The lowest BCUT2D eigenvalue weighted by molar-refractivity contribution is -0.180. The predicted molar refractivity (Wildman–Crippen MR) is 233 cm³/mol. The van der Waals surface area contributed by atoms with Crippen molar-refractivity contribution in [2.45, 2.75) is 108 Å². The van der Waals surface area contributed by atoms with Gasteiger partial charge in [0, 0.05) is 68.5 Å². The minimum absolute atomic E-state index is 0.136. The monoisotopic (exact) mass is 885 g/mol. The average Bonchev–Trinajstić information content (AvgIpc) is 3.23. The van der Waals surface area contributed by atoms with Crippen LogP contribution in [-0.2, 0) is 22.6 Å². The van der Waals surface area contributed by atoms with Crippen molar-refractivity contribution in [3.8, 4) is 29.0 Å². The first kappa shape index (κ1) is 47.0.